The quantitative estimate of drug-likeness (QED) is 0.817. The lowest BCUT2D eigenvalue weighted by molar-refractivity contribution is 0.0695. The van der Waals surface area contributed by atoms with E-state index in [-0.39, 0.29) is 0 Å². The van der Waals surface area contributed by atoms with Crippen LogP contribution < -0.4 is 4.72 Å². The molecule has 2 rings (SSSR count). The molecule has 1 atom stereocenters. The van der Waals surface area contributed by atoms with Crippen LogP contribution in [0.5, 0.6) is 0 Å². The van der Waals surface area contributed by atoms with Gasteiger partial charge in [0.1, 0.15) is 0 Å². The Balaban J connectivity index is 1.83. The van der Waals surface area contributed by atoms with Crippen LogP contribution in [0.1, 0.15) is 18.9 Å². The Bertz CT molecular complexity index is 548. The smallest absolute Gasteiger partial charge is 0.208 e. The summed E-state index contributed by atoms with van der Waals surface area (Å²) in [6, 6.07) is 11.1. The molecule has 0 radical (unpaired) electrons. The number of benzene rings is 1. The van der Waals surface area contributed by atoms with E-state index in [1.807, 2.05) is 6.07 Å². The molecule has 0 bridgehead atoms. The number of hydrogen-bond acceptors (Lipinski definition) is 4. The van der Waals surface area contributed by atoms with Gasteiger partial charge in [0.15, 0.2) is 0 Å². The number of piperazine rings is 1. The molecule has 1 saturated heterocycles. The van der Waals surface area contributed by atoms with Gasteiger partial charge >= 0.3 is 0 Å². The maximum atomic E-state index is 11.1. The van der Waals surface area contributed by atoms with Crippen LogP contribution in [0, 0.1) is 0 Å². The second kappa shape index (κ2) is 8.06. The largest absolute Gasteiger partial charge is 0.297 e. The van der Waals surface area contributed by atoms with Gasteiger partial charge < -0.3 is 0 Å². The lowest BCUT2D eigenvalue weighted by Gasteiger charge is -2.41. The van der Waals surface area contributed by atoms with Crippen molar-refractivity contribution in [3.63, 3.8) is 0 Å². The predicted octanol–water partition coefficient (Wildman–Crippen LogP) is 1.13. The summed E-state index contributed by atoms with van der Waals surface area (Å²) in [5.74, 6) is 0. The van der Waals surface area contributed by atoms with Gasteiger partial charge in [-0.2, -0.15) is 0 Å². The van der Waals surface area contributed by atoms with Crippen LogP contribution in [0.25, 0.3) is 0 Å². The molecule has 1 N–H and O–H groups in total. The van der Waals surface area contributed by atoms with Gasteiger partial charge in [0.05, 0.1) is 6.26 Å². The van der Waals surface area contributed by atoms with Crippen molar-refractivity contribution in [1.82, 2.24) is 14.5 Å². The summed E-state index contributed by atoms with van der Waals surface area (Å²) < 4.78 is 24.9. The first-order chi connectivity index (χ1) is 10.5. The maximum Gasteiger partial charge on any atom is 0.208 e. The van der Waals surface area contributed by atoms with Gasteiger partial charge in [-0.05, 0) is 12.0 Å². The summed E-state index contributed by atoms with van der Waals surface area (Å²) in [5.41, 5.74) is 1.35. The number of sulfonamides is 1. The minimum atomic E-state index is -3.09. The van der Waals surface area contributed by atoms with E-state index < -0.39 is 10.0 Å². The van der Waals surface area contributed by atoms with Crippen LogP contribution >= 0.6 is 0 Å². The van der Waals surface area contributed by atoms with E-state index in [2.05, 4.69) is 45.7 Å². The van der Waals surface area contributed by atoms with E-state index >= 15 is 0 Å². The fourth-order valence-corrected chi connectivity index (χ4v) is 3.46. The van der Waals surface area contributed by atoms with E-state index in [1.165, 1.54) is 11.8 Å². The highest BCUT2D eigenvalue weighted by molar-refractivity contribution is 7.88. The molecule has 124 valence electrons. The molecular formula is C16H27N3O2S. The van der Waals surface area contributed by atoms with Crippen LogP contribution in [0.3, 0.4) is 0 Å². The summed E-state index contributed by atoms with van der Waals surface area (Å²) >= 11 is 0. The highest BCUT2D eigenvalue weighted by atomic mass is 32.2. The topological polar surface area (TPSA) is 52.6 Å². The number of nitrogens with zero attached hydrogens (tertiary/aromatic N) is 2. The van der Waals surface area contributed by atoms with Gasteiger partial charge in [-0.1, -0.05) is 37.3 Å². The third-order valence-electron chi connectivity index (χ3n) is 4.17. The van der Waals surface area contributed by atoms with Crippen molar-refractivity contribution in [2.24, 2.45) is 0 Å². The lowest BCUT2D eigenvalue weighted by atomic mass is 10.1. The van der Waals surface area contributed by atoms with Crippen LogP contribution in [0.2, 0.25) is 0 Å². The summed E-state index contributed by atoms with van der Waals surface area (Å²) in [5, 5.41) is 0. The van der Waals surface area contributed by atoms with Crippen molar-refractivity contribution in [3.05, 3.63) is 35.9 Å². The van der Waals surface area contributed by atoms with Crippen molar-refractivity contribution in [1.29, 1.82) is 0 Å². The van der Waals surface area contributed by atoms with E-state index in [9.17, 15) is 8.42 Å². The summed E-state index contributed by atoms with van der Waals surface area (Å²) in [7, 11) is -3.09. The molecule has 1 unspecified atom stereocenters. The molecule has 22 heavy (non-hydrogen) atoms. The Kier molecular flexibility index (Phi) is 6.37. The lowest BCUT2D eigenvalue weighted by Crippen LogP contribution is -2.54. The summed E-state index contributed by atoms with van der Waals surface area (Å²) in [6.45, 7) is 7.55. The molecular weight excluding hydrogens is 298 g/mol. The Labute approximate surface area is 134 Å². The van der Waals surface area contributed by atoms with E-state index in [0.29, 0.717) is 12.6 Å². The number of rotatable bonds is 7. The highest BCUT2D eigenvalue weighted by Gasteiger charge is 2.25. The first kappa shape index (κ1) is 17.4. The number of nitrogens with one attached hydrogen (secondary N) is 1. The van der Waals surface area contributed by atoms with Gasteiger partial charge in [0.25, 0.3) is 0 Å². The van der Waals surface area contributed by atoms with Crippen LogP contribution in [-0.2, 0) is 16.6 Å². The first-order valence-electron chi connectivity index (χ1n) is 7.93. The molecule has 0 saturated carbocycles. The molecule has 0 amide bonds. The zero-order valence-corrected chi connectivity index (χ0v) is 14.3. The van der Waals surface area contributed by atoms with Crippen molar-refractivity contribution in [2.45, 2.75) is 25.9 Å². The second-order valence-corrected chi connectivity index (χ2v) is 7.82. The molecule has 1 aliphatic heterocycles. The molecule has 1 heterocycles. The Hall–Kier alpha value is -0.950. The zero-order chi connectivity index (χ0) is 16.0. The highest BCUT2D eigenvalue weighted by Crippen LogP contribution is 2.15. The Morgan fingerprint density at radius 1 is 1.23 bits per heavy atom. The van der Waals surface area contributed by atoms with Gasteiger partial charge in [-0.3, -0.25) is 9.80 Å². The normalized spacial score (nSPS) is 21.1. The molecule has 0 aromatic heterocycles. The summed E-state index contributed by atoms with van der Waals surface area (Å²) in [4.78, 5) is 4.89. The van der Waals surface area contributed by atoms with E-state index in [4.69, 9.17) is 0 Å². The fraction of sp³-hybridized carbons (Fsp3) is 0.625. The van der Waals surface area contributed by atoms with Gasteiger partial charge in [-0.15, -0.1) is 0 Å². The predicted molar refractivity (Wildman–Crippen MR) is 90.2 cm³/mol. The average molecular weight is 325 g/mol. The summed E-state index contributed by atoms with van der Waals surface area (Å²) in [6.07, 6.45) is 2.30. The van der Waals surface area contributed by atoms with E-state index in [1.54, 1.807) is 0 Å². The molecule has 1 aromatic rings. The molecule has 1 aliphatic rings. The monoisotopic (exact) mass is 325 g/mol. The van der Waals surface area contributed by atoms with Crippen molar-refractivity contribution in [3.8, 4) is 0 Å². The van der Waals surface area contributed by atoms with Crippen molar-refractivity contribution in [2.75, 3.05) is 39.0 Å². The first-order valence-corrected chi connectivity index (χ1v) is 9.82. The van der Waals surface area contributed by atoms with Gasteiger partial charge in [-0.25, -0.2) is 13.1 Å². The van der Waals surface area contributed by atoms with Crippen LogP contribution in [0.15, 0.2) is 30.3 Å². The molecule has 1 aromatic carbocycles. The van der Waals surface area contributed by atoms with Crippen molar-refractivity contribution < 1.29 is 8.42 Å². The Morgan fingerprint density at radius 3 is 2.59 bits per heavy atom. The standard InChI is InChI=1S/C16H27N3O2S/c1-3-16-14-18(13-15-7-5-4-6-8-15)11-12-19(16)10-9-17-22(2,20)21/h4-8,16-17H,3,9-14H2,1-2H3. The fourth-order valence-electron chi connectivity index (χ4n) is 3.00. The second-order valence-electron chi connectivity index (χ2n) is 5.99. The van der Waals surface area contributed by atoms with Gasteiger partial charge in [0.2, 0.25) is 10.0 Å². The van der Waals surface area contributed by atoms with Crippen LogP contribution in [0.4, 0.5) is 0 Å². The minimum Gasteiger partial charge on any atom is -0.297 e. The minimum absolute atomic E-state index is 0.494. The SMILES string of the molecule is CCC1CN(Cc2ccccc2)CCN1CCNS(C)(=O)=O. The molecule has 5 nitrogen and oxygen atoms in total. The maximum absolute atomic E-state index is 11.1. The van der Waals surface area contributed by atoms with Gasteiger partial charge in [0, 0.05) is 45.3 Å². The van der Waals surface area contributed by atoms with Crippen molar-refractivity contribution >= 4 is 10.0 Å². The molecule has 0 aliphatic carbocycles. The molecule has 1 fully saturated rings. The third kappa shape index (κ3) is 5.68. The van der Waals surface area contributed by atoms with E-state index in [0.717, 1.165) is 39.1 Å². The Morgan fingerprint density at radius 2 is 1.95 bits per heavy atom. The average Bonchev–Trinajstić information content (AvgIpc) is 2.48. The molecule has 0 spiro atoms. The number of hydrogen-bond donors (Lipinski definition) is 1. The van der Waals surface area contributed by atoms with Crippen LogP contribution in [-0.4, -0.2) is 63.2 Å². The third-order valence-corrected chi connectivity index (χ3v) is 4.90. The zero-order valence-electron chi connectivity index (χ0n) is 13.5. The molecule has 6 heteroatoms.